The first-order valence-corrected chi connectivity index (χ1v) is 6.21. The van der Waals surface area contributed by atoms with Crippen LogP contribution in [-0.2, 0) is 0 Å². The molecule has 2 aromatic rings. The predicted octanol–water partition coefficient (Wildman–Crippen LogP) is 4.24. The van der Waals surface area contributed by atoms with Gasteiger partial charge in [-0.15, -0.1) is 11.6 Å². The van der Waals surface area contributed by atoms with Gasteiger partial charge in [-0.3, -0.25) is 4.79 Å². The number of halogens is 1. The fourth-order valence-corrected chi connectivity index (χ4v) is 1.79. The molecule has 0 saturated heterocycles. The molecule has 0 heterocycles. The minimum absolute atomic E-state index is 0.0708. The van der Waals surface area contributed by atoms with Gasteiger partial charge in [0.25, 0.3) is 5.91 Å². The number of amides is 1. The molecule has 92 valence electrons. The van der Waals surface area contributed by atoms with Crippen molar-refractivity contribution in [2.45, 2.75) is 12.3 Å². The van der Waals surface area contributed by atoms with E-state index in [1.807, 2.05) is 49.4 Å². The molecule has 1 atom stereocenters. The first-order chi connectivity index (χ1) is 8.66. The normalized spacial score (nSPS) is 11.9. The maximum absolute atomic E-state index is 12.0. The lowest BCUT2D eigenvalue weighted by atomic mass is 10.1. The third kappa shape index (κ3) is 3.11. The van der Waals surface area contributed by atoms with Gasteiger partial charge in [-0.1, -0.05) is 30.3 Å². The number of benzene rings is 2. The molecule has 0 aliphatic rings. The van der Waals surface area contributed by atoms with Crippen LogP contribution in [0.4, 0.5) is 5.69 Å². The van der Waals surface area contributed by atoms with Gasteiger partial charge in [0.1, 0.15) is 0 Å². The molecule has 0 aliphatic heterocycles. The monoisotopic (exact) mass is 259 g/mol. The highest BCUT2D eigenvalue weighted by Gasteiger charge is 2.06. The van der Waals surface area contributed by atoms with E-state index in [9.17, 15) is 4.79 Å². The molecule has 1 amide bonds. The maximum atomic E-state index is 12.0. The third-order valence-corrected chi connectivity index (χ3v) is 2.89. The summed E-state index contributed by atoms with van der Waals surface area (Å²) in [5.41, 5.74) is 2.39. The summed E-state index contributed by atoms with van der Waals surface area (Å²) in [5.74, 6) is -0.116. The first-order valence-electron chi connectivity index (χ1n) is 5.77. The van der Waals surface area contributed by atoms with Crippen LogP contribution in [0, 0.1) is 0 Å². The van der Waals surface area contributed by atoms with E-state index in [-0.39, 0.29) is 11.3 Å². The summed E-state index contributed by atoms with van der Waals surface area (Å²) in [4.78, 5) is 12.0. The summed E-state index contributed by atoms with van der Waals surface area (Å²) in [6.45, 7) is 1.90. The molecule has 0 aliphatic carbocycles. The maximum Gasteiger partial charge on any atom is 0.255 e. The molecule has 18 heavy (non-hydrogen) atoms. The molecule has 0 fully saturated rings. The Balaban J connectivity index is 2.15. The summed E-state index contributed by atoms with van der Waals surface area (Å²) in [5, 5.41) is 2.79. The van der Waals surface area contributed by atoms with Crippen LogP contribution in [0.25, 0.3) is 0 Å². The largest absolute Gasteiger partial charge is 0.322 e. The zero-order chi connectivity index (χ0) is 13.0. The Morgan fingerprint density at radius 3 is 2.50 bits per heavy atom. The number of hydrogen-bond acceptors (Lipinski definition) is 1. The van der Waals surface area contributed by atoms with Crippen LogP contribution in [0.1, 0.15) is 28.2 Å². The summed E-state index contributed by atoms with van der Waals surface area (Å²) < 4.78 is 0. The fourth-order valence-electron chi connectivity index (χ4n) is 1.66. The molecule has 0 spiro atoms. The van der Waals surface area contributed by atoms with Gasteiger partial charge in [-0.2, -0.15) is 0 Å². The van der Waals surface area contributed by atoms with E-state index in [0.717, 1.165) is 11.3 Å². The van der Waals surface area contributed by atoms with Crippen molar-refractivity contribution in [2.75, 3.05) is 5.32 Å². The molecule has 2 aromatic carbocycles. The van der Waals surface area contributed by atoms with E-state index in [2.05, 4.69) is 5.32 Å². The lowest BCUT2D eigenvalue weighted by Crippen LogP contribution is -2.11. The number of carbonyl (C=O) groups is 1. The number of anilines is 1. The van der Waals surface area contributed by atoms with Crippen molar-refractivity contribution in [3.63, 3.8) is 0 Å². The average molecular weight is 260 g/mol. The second kappa shape index (κ2) is 5.69. The van der Waals surface area contributed by atoms with Crippen molar-refractivity contribution in [2.24, 2.45) is 0 Å². The van der Waals surface area contributed by atoms with E-state index in [4.69, 9.17) is 11.6 Å². The second-order valence-corrected chi connectivity index (χ2v) is 4.72. The number of rotatable bonds is 3. The fraction of sp³-hybridized carbons (Fsp3) is 0.133. The molecule has 0 unspecified atom stereocenters. The van der Waals surface area contributed by atoms with Crippen LogP contribution >= 0.6 is 11.6 Å². The van der Waals surface area contributed by atoms with Crippen molar-refractivity contribution < 1.29 is 4.79 Å². The predicted molar refractivity (Wildman–Crippen MR) is 75.1 cm³/mol. The molecule has 0 radical (unpaired) electrons. The number of nitrogens with one attached hydrogen (secondary N) is 1. The lowest BCUT2D eigenvalue weighted by Gasteiger charge is -2.08. The highest BCUT2D eigenvalue weighted by Crippen LogP contribution is 2.22. The van der Waals surface area contributed by atoms with Gasteiger partial charge in [0, 0.05) is 11.3 Å². The first kappa shape index (κ1) is 12.7. The average Bonchev–Trinajstić information content (AvgIpc) is 2.40. The number of carbonyl (C=O) groups excluding carboxylic acids is 1. The van der Waals surface area contributed by atoms with Crippen LogP contribution < -0.4 is 5.32 Å². The minimum Gasteiger partial charge on any atom is -0.322 e. The molecule has 3 heteroatoms. The Labute approximate surface area is 112 Å². The summed E-state index contributed by atoms with van der Waals surface area (Å²) in [6, 6.07) is 16.7. The van der Waals surface area contributed by atoms with Crippen LogP contribution in [0.3, 0.4) is 0 Å². The Hall–Kier alpha value is -1.80. The summed E-state index contributed by atoms with van der Waals surface area (Å²) in [7, 11) is 0. The molecular weight excluding hydrogens is 246 g/mol. The molecule has 0 aromatic heterocycles. The summed E-state index contributed by atoms with van der Waals surface area (Å²) >= 11 is 6.02. The topological polar surface area (TPSA) is 29.1 Å². The Kier molecular flexibility index (Phi) is 4.00. The second-order valence-electron chi connectivity index (χ2n) is 4.06. The van der Waals surface area contributed by atoms with Gasteiger partial charge in [-0.25, -0.2) is 0 Å². The van der Waals surface area contributed by atoms with E-state index in [1.165, 1.54) is 0 Å². The Morgan fingerprint density at radius 2 is 1.83 bits per heavy atom. The van der Waals surface area contributed by atoms with Gasteiger partial charge in [0.15, 0.2) is 0 Å². The molecule has 2 nitrogen and oxygen atoms in total. The van der Waals surface area contributed by atoms with E-state index in [1.54, 1.807) is 12.1 Å². The molecule has 1 N–H and O–H groups in total. The van der Waals surface area contributed by atoms with Gasteiger partial charge >= 0.3 is 0 Å². The van der Waals surface area contributed by atoms with Gasteiger partial charge in [0.05, 0.1) is 5.38 Å². The quantitative estimate of drug-likeness (QED) is 0.821. The van der Waals surface area contributed by atoms with Crippen molar-refractivity contribution in [3.8, 4) is 0 Å². The van der Waals surface area contributed by atoms with Crippen molar-refractivity contribution in [3.05, 3.63) is 65.7 Å². The standard InChI is InChI=1S/C15H14ClNO/c1-11(16)13-8-5-9-14(10-13)17-15(18)12-6-3-2-4-7-12/h2-11H,1H3,(H,17,18)/t11-/m1/s1. The van der Waals surface area contributed by atoms with Gasteiger partial charge in [0.2, 0.25) is 0 Å². The van der Waals surface area contributed by atoms with Crippen LogP contribution in [0.5, 0.6) is 0 Å². The van der Waals surface area contributed by atoms with Gasteiger partial charge < -0.3 is 5.32 Å². The zero-order valence-electron chi connectivity index (χ0n) is 10.1. The van der Waals surface area contributed by atoms with E-state index in [0.29, 0.717) is 5.56 Å². The third-order valence-electron chi connectivity index (χ3n) is 2.64. The molecule has 2 rings (SSSR count). The smallest absolute Gasteiger partial charge is 0.255 e. The van der Waals surface area contributed by atoms with Crippen molar-refractivity contribution >= 4 is 23.2 Å². The van der Waals surface area contributed by atoms with Gasteiger partial charge in [-0.05, 0) is 36.8 Å². The van der Waals surface area contributed by atoms with Crippen LogP contribution in [0.15, 0.2) is 54.6 Å². The van der Waals surface area contributed by atoms with Crippen molar-refractivity contribution in [1.29, 1.82) is 0 Å². The van der Waals surface area contributed by atoms with E-state index >= 15 is 0 Å². The SMILES string of the molecule is C[C@@H](Cl)c1cccc(NC(=O)c2ccccc2)c1. The minimum atomic E-state index is -0.116. The zero-order valence-corrected chi connectivity index (χ0v) is 10.8. The highest BCUT2D eigenvalue weighted by atomic mass is 35.5. The Bertz CT molecular complexity index is 537. The Morgan fingerprint density at radius 1 is 1.11 bits per heavy atom. The van der Waals surface area contributed by atoms with Crippen LogP contribution in [-0.4, -0.2) is 5.91 Å². The van der Waals surface area contributed by atoms with Crippen molar-refractivity contribution in [1.82, 2.24) is 0 Å². The molecule has 0 saturated carbocycles. The number of alkyl halides is 1. The number of hydrogen-bond donors (Lipinski definition) is 1. The highest BCUT2D eigenvalue weighted by molar-refractivity contribution is 6.20. The lowest BCUT2D eigenvalue weighted by molar-refractivity contribution is 0.102. The van der Waals surface area contributed by atoms with E-state index < -0.39 is 0 Å². The molecular formula is C15H14ClNO. The molecule has 0 bridgehead atoms. The van der Waals surface area contributed by atoms with Crippen LogP contribution in [0.2, 0.25) is 0 Å². The summed E-state index contributed by atoms with van der Waals surface area (Å²) in [6.07, 6.45) is 0.